The molecule has 0 N–H and O–H groups in total. The molecule has 0 aliphatic carbocycles. The number of hydrogen-bond donors (Lipinski definition) is 0. The molecule has 0 aliphatic rings. The van der Waals surface area contributed by atoms with E-state index in [0.29, 0.717) is 5.00 Å². The summed E-state index contributed by atoms with van der Waals surface area (Å²) in [7, 11) is -0.210. The van der Waals surface area contributed by atoms with Crippen LogP contribution >= 0.6 is 11.6 Å². The first-order valence-electron chi connectivity index (χ1n) is 3.12. The molecule has 0 aromatic heterocycles. The van der Waals surface area contributed by atoms with Gasteiger partial charge in [0.05, 0.1) is 8.80 Å². The van der Waals surface area contributed by atoms with E-state index >= 15 is 0 Å². The van der Waals surface area contributed by atoms with Crippen molar-refractivity contribution in [3.63, 3.8) is 0 Å². The van der Waals surface area contributed by atoms with E-state index < -0.39 is 0 Å². The van der Waals surface area contributed by atoms with Crippen LogP contribution in [0.2, 0.25) is 13.1 Å². The molecule has 8 heavy (non-hydrogen) atoms. The molecule has 0 heterocycles. The van der Waals surface area contributed by atoms with E-state index in [2.05, 4.69) is 20.0 Å². The summed E-state index contributed by atoms with van der Waals surface area (Å²) in [4.78, 5) is 0. The van der Waals surface area contributed by atoms with Gasteiger partial charge < -0.3 is 0 Å². The molecular weight excluding hydrogens is 136 g/mol. The second kappa shape index (κ2) is 4.39. The van der Waals surface area contributed by atoms with E-state index in [9.17, 15) is 0 Å². The lowest BCUT2D eigenvalue weighted by atomic mass is 10.4. The normalized spacial score (nSPS) is 14.6. The summed E-state index contributed by atoms with van der Waals surface area (Å²) >= 11 is 5.96. The molecule has 0 nitrogen and oxygen atoms in total. The third kappa shape index (κ3) is 3.50. The van der Waals surface area contributed by atoms with Gasteiger partial charge in [-0.15, -0.1) is 11.6 Å². The van der Waals surface area contributed by atoms with Gasteiger partial charge in [0.2, 0.25) is 0 Å². The van der Waals surface area contributed by atoms with E-state index in [1.54, 1.807) is 0 Å². The fraction of sp³-hybridized carbons (Fsp3) is 1.00. The summed E-state index contributed by atoms with van der Waals surface area (Å²) in [6.07, 6.45) is 2.42. The molecule has 2 heteroatoms. The summed E-state index contributed by atoms with van der Waals surface area (Å²) < 4.78 is 0. The molecule has 0 saturated carbocycles. The quantitative estimate of drug-likeness (QED) is 0.428. The highest BCUT2D eigenvalue weighted by Gasteiger charge is 2.08. The molecule has 0 rings (SSSR count). The highest BCUT2D eigenvalue weighted by atomic mass is 35.5. The van der Waals surface area contributed by atoms with Crippen molar-refractivity contribution in [3.8, 4) is 0 Å². The van der Waals surface area contributed by atoms with Gasteiger partial charge in [-0.1, -0.05) is 26.4 Å². The van der Waals surface area contributed by atoms with Crippen LogP contribution in [0.15, 0.2) is 0 Å². The Bertz CT molecular complexity index is 54.5. The second-order valence-corrected chi connectivity index (χ2v) is 6.08. The van der Waals surface area contributed by atoms with Crippen molar-refractivity contribution in [2.45, 2.75) is 37.9 Å². The number of halogens is 1. The van der Waals surface area contributed by atoms with Gasteiger partial charge in [0.25, 0.3) is 0 Å². The lowest BCUT2D eigenvalue weighted by Gasteiger charge is -2.08. The highest BCUT2D eigenvalue weighted by molar-refractivity contribution is 6.67. The van der Waals surface area contributed by atoms with E-state index in [4.69, 9.17) is 11.6 Å². The zero-order valence-corrected chi connectivity index (χ0v) is 7.63. The Morgan fingerprint density at radius 3 is 2.12 bits per heavy atom. The molecule has 49 valence electrons. The molecule has 0 spiro atoms. The molecule has 1 atom stereocenters. The first kappa shape index (κ1) is 8.51. The molecule has 0 fully saturated rings. The van der Waals surface area contributed by atoms with Crippen LogP contribution in [0.3, 0.4) is 0 Å². The maximum Gasteiger partial charge on any atom is 0.0635 e. The maximum absolute atomic E-state index is 5.96. The van der Waals surface area contributed by atoms with Gasteiger partial charge in [-0.3, -0.25) is 0 Å². The summed E-state index contributed by atoms with van der Waals surface area (Å²) in [6, 6.07) is 0. The third-order valence-corrected chi connectivity index (χ3v) is 4.24. The van der Waals surface area contributed by atoms with Crippen molar-refractivity contribution >= 4 is 20.4 Å². The van der Waals surface area contributed by atoms with E-state index in [-0.39, 0.29) is 8.80 Å². The van der Waals surface area contributed by atoms with Crippen molar-refractivity contribution in [3.05, 3.63) is 0 Å². The zero-order chi connectivity index (χ0) is 6.57. The first-order valence-corrected chi connectivity index (χ1v) is 6.14. The van der Waals surface area contributed by atoms with Gasteiger partial charge in [-0.05, 0) is 6.42 Å². The Hall–Kier alpha value is 0.507. The highest BCUT2D eigenvalue weighted by Crippen LogP contribution is 2.07. The molecule has 0 bridgehead atoms. The zero-order valence-electron chi connectivity index (χ0n) is 5.87. The minimum atomic E-state index is -0.210. The summed E-state index contributed by atoms with van der Waals surface area (Å²) in [5.41, 5.74) is 0. The Kier molecular flexibility index (Phi) is 4.67. The van der Waals surface area contributed by atoms with Gasteiger partial charge >= 0.3 is 0 Å². The standard InChI is InChI=1S/C6H14ClSi/c1-4-5-6(7)8(2)3/h6H,4-5H2,1-3H3. The summed E-state index contributed by atoms with van der Waals surface area (Å²) in [6.45, 7) is 6.70. The average molecular weight is 150 g/mol. The second-order valence-electron chi connectivity index (χ2n) is 2.33. The SMILES string of the molecule is CCCC(Cl)[Si](C)C. The van der Waals surface area contributed by atoms with Gasteiger partial charge in [-0.25, -0.2) is 0 Å². The van der Waals surface area contributed by atoms with E-state index in [1.807, 2.05) is 0 Å². The van der Waals surface area contributed by atoms with Crippen molar-refractivity contribution in [1.82, 2.24) is 0 Å². The molecule has 1 radical (unpaired) electrons. The van der Waals surface area contributed by atoms with Gasteiger partial charge in [0.15, 0.2) is 0 Å². The van der Waals surface area contributed by atoms with Crippen LogP contribution in [-0.4, -0.2) is 13.8 Å². The molecule has 0 aromatic carbocycles. The topological polar surface area (TPSA) is 0 Å². The smallest absolute Gasteiger partial charge is 0.0635 e. The number of rotatable bonds is 3. The average Bonchev–Trinajstić information content (AvgIpc) is 1.67. The predicted molar refractivity (Wildman–Crippen MR) is 42.0 cm³/mol. The molecule has 0 aliphatic heterocycles. The Morgan fingerprint density at radius 2 is 2.00 bits per heavy atom. The van der Waals surface area contributed by atoms with Crippen molar-refractivity contribution in [2.24, 2.45) is 0 Å². The lowest BCUT2D eigenvalue weighted by Crippen LogP contribution is -2.17. The van der Waals surface area contributed by atoms with Gasteiger partial charge in [-0.2, -0.15) is 0 Å². The van der Waals surface area contributed by atoms with Gasteiger partial charge in [0.1, 0.15) is 0 Å². The van der Waals surface area contributed by atoms with Crippen LogP contribution in [0.1, 0.15) is 19.8 Å². The van der Waals surface area contributed by atoms with Crippen molar-refractivity contribution < 1.29 is 0 Å². The number of alkyl halides is 1. The van der Waals surface area contributed by atoms with Crippen molar-refractivity contribution in [1.29, 1.82) is 0 Å². The minimum absolute atomic E-state index is 0.210. The van der Waals surface area contributed by atoms with Crippen LogP contribution in [-0.2, 0) is 0 Å². The van der Waals surface area contributed by atoms with Gasteiger partial charge in [0, 0.05) is 5.00 Å². The van der Waals surface area contributed by atoms with Crippen LogP contribution in [0.5, 0.6) is 0 Å². The maximum atomic E-state index is 5.96. The molecule has 0 amide bonds. The third-order valence-electron chi connectivity index (χ3n) is 1.17. The molecule has 1 unspecified atom stereocenters. The van der Waals surface area contributed by atoms with E-state index in [0.717, 1.165) is 0 Å². The Morgan fingerprint density at radius 1 is 1.50 bits per heavy atom. The first-order chi connectivity index (χ1) is 3.68. The minimum Gasteiger partial charge on any atom is -0.127 e. The molecule has 0 saturated heterocycles. The summed E-state index contributed by atoms with van der Waals surface area (Å²) in [5, 5.41) is 0.491. The van der Waals surface area contributed by atoms with Crippen LogP contribution in [0.25, 0.3) is 0 Å². The lowest BCUT2D eigenvalue weighted by molar-refractivity contribution is 0.849. The van der Waals surface area contributed by atoms with Crippen LogP contribution < -0.4 is 0 Å². The monoisotopic (exact) mass is 149 g/mol. The van der Waals surface area contributed by atoms with Crippen molar-refractivity contribution in [2.75, 3.05) is 0 Å². The predicted octanol–water partition coefficient (Wildman–Crippen LogP) is 2.69. The van der Waals surface area contributed by atoms with Crippen LogP contribution in [0.4, 0.5) is 0 Å². The van der Waals surface area contributed by atoms with Crippen LogP contribution in [0, 0.1) is 0 Å². The Labute approximate surface area is 58.8 Å². The molecular formula is C6H14ClSi. The largest absolute Gasteiger partial charge is 0.127 e. The van der Waals surface area contributed by atoms with E-state index in [1.165, 1.54) is 12.8 Å². The number of hydrogen-bond acceptors (Lipinski definition) is 0. The summed E-state index contributed by atoms with van der Waals surface area (Å²) in [5.74, 6) is 0. The fourth-order valence-corrected chi connectivity index (χ4v) is 1.63. The Balaban J connectivity index is 3.17. The molecule has 0 aromatic rings. The fourth-order valence-electron chi connectivity index (χ4n) is 0.542.